The SMILES string of the molecule is CN(C)S(=O)(=O)NC(=O)c1ccc2nc(N3C4CCC3CN(Cc3c(-c5c(Cl)cccc5Cl)noc3C3CC3)C4)sc2c1. The van der Waals surface area contributed by atoms with E-state index >= 15 is 0 Å². The Morgan fingerprint density at radius 2 is 1.79 bits per heavy atom. The van der Waals surface area contributed by atoms with E-state index in [4.69, 9.17) is 32.7 Å². The summed E-state index contributed by atoms with van der Waals surface area (Å²) in [6.45, 7) is 2.45. The summed E-state index contributed by atoms with van der Waals surface area (Å²) in [5.74, 6) is 0.675. The number of benzene rings is 2. The van der Waals surface area contributed by atoms with Crippen molar-refractivity contribution in [1.82, 2.24) is 24.1 Å². The van der Waals surface area contributed by atoms with Crippen LogP contribution in [0.3, 0.4) is 0 Å². The number of halogens is 2. The molecule has 3 aliphatic rings. The quantitative estimate of drug-likeness (QED) is 0.263. The first-order valence-corrected chi connectivity index (χ1v) is 17.2. The fourth-order valence-corrected chi connectivity index (χ4v) is 8.41. The van der Waals surface area contributed by atoms with Crippen molar-refractivity contribution in [2.45, 2.75) is 50.2 Å². The number of nitrogens with zero attached hydrogens (tertiary/aromatic N) is 5. The lowest BCUT2D eigenvalue weighted by Gasteiger charge is -2.41. The third kappa shape index (κ3) is 5.42. The highest BCUT2D eigenvalue weighted by Crippen LogP contribution is 2.47. The number of anilines is 1. The maximum Gasteiger partial charge on any atom is 0.303 e. The second-order valence-corrected chi connectivity index (χ2v) is 15.3. The van der Waals surface area contributed by atoms with Crippen LogP contribution in [-0.4, -0.2) is 72.9 Å². The fourth-order valence-electron chi connectivity index (χ4n) is 6.15. The Balaban J connectivity index is 1.11. The van der Waals surface area contributed by atoms with E-state index in [0.29, 0.717) is 34.6 Å². The van der Waals surface area contributed by atoms with Gasteiger partial charge in [0, 0.05) is 68.4 Å². The molecule has 10 nitrogen and oxygen atoms in total. The number of carbonyl (C=O) groups is 1. The molecule has 2 unspecified atom stereocenters. The molecule has 2 aromatic carbocycles. The lowest BCUT2D eigenvalue weighted by atomic mass is 10.0. The van der Waals surface area contributed by atoms with Gasteiger partial charge < -0.3 is 9.42 Å². The minimum absolute atomic E-state index is 0.274. The highest BCUT2D eigenvalue weighted by molar-refractivity contribution is 7.87. The molecule has 1 saturated carbocycles. The summed E-state index contributed by atoms with van der Waals surface area (Å²) in [4.78, 5) is 22.5. The molecule has 2 aromatic heterocycles. The van der Waals surface area contributed by atoms with E-state index in [1.807, 2.05) is 18.2 Å². The Labute approximate surface area is 263 Å². The number of carbonyl (C=O) groups excluding carboxylic acids is 1. The van der Waals surface area contributed by atoms with Crippen LogP contribution in [0.4, 0.5) is 5.13 Å². The molecule has 1 amide bonds. The number of aromatic nitrogens is 2. The van der Waals surface area contributed by atoms with Crippen molar-refractivity contribution in [3.8, 4) is 11.3 Å². The van der Waals surface area contributed by atoms with Gasteiger partial charge in [0.25, 0.3) is 5.91 Å². The zero-order chi connectivity index (χ0) is 30.0. The maximum atomic E-state index is 12.6. The van der Waals surface area contributed by atoms with Crippen LogP contribution in [0.2, 0.25) is 10.0 Å². The predicted octanol–water partition coefficient (Wildman–Crippen LogP) is 5.52. The molecule has 1 aliphatic carbocycles. The number of fused-ring (bicyclic) bond motifs is 3. The van der Waals surface area contributed by atoms with Crippen molar-refractivity contribution in [1.29, 1.82) is 0 Å². The van der Waals surface area contributed by atoms with Gasteiger partial charge in [0.1, 0.15) is 11.5 Å². The van der Waals surface area contributed by atoms with Crippen molar-refractivity contribution in [2.75, 3.05) is 32.1 Å². The van der Waals surface area contributed by atoms with E-state index < -0.39 is 16.1 Å². The minimum atomic E-state index is -3.88. The van der Waals surface area contributed by atoms with Crippen LogP contribution in [0.15, 0.2) is 40.9 Å². The molecule has 43 heavy (non-hydrogen) atoms. The largest absolute Gasteiger partial charge is 0.360 e. The van der Waals surface area contributed by atoms with Crippen molar-refractivity contribution in [3.05, 3.63) is 63.3 Å². The number of thiazole rings is 1. The smallest absolute Gasteiger partial charge is 0.303 e. The van der Waals surface area contributed by atoms with Gasteiger partial charge >= 0.3 is 10.2 Å². The molecule has 3 fully saturated rings. The zero-order valence-corrected chi connectivity index (χ0v) is 26.7. The average molecular weight is 662 g/mol. The normalized spacial score (nSPS) is 20.8. The highest BCUT2D eigenvalue weighted by atomic mass is 35.5. The Hall–Kier alpha value is -2.74. The van der Waals surface area contributed by atoms with Crippen LogP contribution in [-0.2, 0) is 16.8 Å². The van der Waals surface area contributed by atoms with E-state index in [1.54, 1.807) is 18.2 Å². The predicted molar refractivity (Wildman–Crippen MR) is 168 cm³/mol. The Kier molecular flexibility index (Phi) is 7.42. The minimum Gasteiger partial charge on any atom is -0.360 e. The van der Waals surface area contributed by atoms with Gasteiger partial charge in [-0.05, 0) is 56.0 Å². The second-order valence-electron chi connectivity index (χ2n) is 11.6. The van der Waals surface area contributed by atoms with Crippen molar-refractivity contribution >= 4 is 66.0 Å². The summed E-state index contributed by atoms with van der Waals surface area (Å²) >= 11 is 14.7. The summed E-state index contributed by atoms with van der Waals surface area (Å²) in [7, 11) is -1.14. The number of rotatable bonds is 8. The van der Waals surface area contributed by atoms with E-state index in [0.717, 1.165) is 81.0 Å². The third-order valence-corrected chi connectivity index (χ3v) is 11.5. The molecular formula is C29H30Cl2N6O4S2. The van der Waals surface area contributed by atoms with Gasteiger partial charge in [0.15, 0.2) is 5.13 Å². The van der Waals surface area contributed by atoms with Crippen molar-refractivity contribution in [3.63, 3.8) is 0 Å². The Morgan fingerprint density at radius 3 is 2.44 bits per heavy atom. The van der Waals surface area contributed by atoms with Gasteiger partial charge in [-0.2, -0.15) is 12.7 Å². The Bertz CT molecular complexity index is 1800. The zero-order valence-electron chi connectivity index (χ0n) is 23.6. The fraction of sp³-hybridized carbons (Fsp3) is 0.414. The van der Waals surface area contributed by atoms with Crippen molar-refractivity contribution < 1.29 is 17.7 Å². The number of hydrogen-bond donors (Lipinski definition) is 1. The molecule has 226 valence electrons. The molecular weight excluding hydrogens is 631 g/mol. The number of hydrogen-bond acceptors (Lipinski definition) is 9. The monoisotopic (exact) mass is 660 g/mol. The maximum absolute atomic E-state index is 12.6. The van der Waals surface area contributed by atoms with E-state index in [9.17, 15) is 13.2 Å². The van der Waals surface area contributed by atoms with Gasteiger partial charge in [-0.1, -0.05) is 45.8 Å². The average Bonchev–Trinajstić information content (AvgIpc) is 3.49. The van der Waals surface area contributed by atoms with Gasteiger partial charge in [0.05, 0.1) is 20.3 Å². The summed E-state index contributed by atoms with van der Waals surface area (Å²) in [5.41, 5.74) is 3.59. The van der Waals surface area contributed by atoms with E-state index in [1.165, 1.54) is 25.4 Å². The van der Waals surface area contributed by atoms with Crippen molar-refractivity contribution in [2.24, 2.45) is 0 Å². The number of piperazine rings is 1. The standard InChI is InChI=1S/C29H30Cl2N6O4S2/c1-35(2)43(39,40)34-28(38)17-8-11-23-24(12-17)42-29(32-23)37-18-9-10-19(37)14-36(13-18)15-20-26(33-41-27(20)16-6-7-16)25-21(30)4-3-5-22(25)31/h3-5,8,11-12,16,18-19H,6-7,9-10,13-15H2,1-2H3,(H,34,38). The first-order valence-electron chi connectivity index (χ1n) is 14.2. The molecule has 1 N–H and O–H groups in total. The third-order valence-electron chi connectivity index (χ3n) is 8.47. The van der Waals surface area contributed by atoms with Crippen LogP contribution in [0, 0.1) is 0 Å². The van der Waals surface area contributed by atoms with Crippen LogP contribution >= 0.6 is 34.5 Å². The molecule has 0 radical (unpaired) electrons. The van der Waals surface area contributed by atoms with Crippen LogP contribution in [0.5, 0.6) is 0 Å². The number of likely N-dealkylation sites (tertiary alicyclic amines) is 1. The van der Waals surface area contributed by atoms with Gasteiger partial charge in [-0.25, -0.2) is 9.71 Å². The first-order chi connectivity index (χ1) is 20.6. The molecule has 4 aromatic rings. The molecule has 14 heteroatoms. The molecule has 7 rings (SSSR count). The topological polar surface area (TPSA) is 112 Å². The summed E-state index contributed by atoms with van der Waals surface area (Å²) in [6.07, 6.45) is 4.33. The van der Waals surface area contributed by atoms with Crippen LogP contribution < -0.4 is 9.62 Å². The van der Waals surface area contributed by atoms with Crippen LogP contribution in [0.1, 0.15) is 53.3 Å². The van der Waals surface area contributed by atoms with Gasteiger partial charge in [-0.15, -0.1) is 0 Å². The molecule has 2 saturated heterocycles. The first kappa shape index (κ1) is 29.0. The van der Waals surface area contributed by atoms with Crippen LogP contribution in [0.25, 0.3) is 21.5 Å². The number of nitrogens with one attached hydrogen (secondary N) is 1. The van der Waals surface area contributed by atoms with E-state index in [-0.39, 0.29) is 5.56 Å². The molecule has 2 aliphatic heterocycles. The lowest BCUT2D eigenvalue weighted by molar-refractivity contribution is 0.0980. The summed E-state index contributed by atoms with van der Waals surface area (Å²) in [6, 6.07) is 11.2. The Morgan fingerprint density at radius 1 is 1.09 bits per heavy atom. The molecule has 4 heterocycles. The lowest BCUT2D eigenvalue weighted by Crippen LogP contribution is -2.53. The highest BCUT2D eigenvalue weighted by Gasteiger charge is 2.42. The summed E-state index contributed by atoms with van der Waals surface area (Å²) in [5, 5.41) is 6.51. The molecule has 0 spiro atoms. The van der Waals surface area contributed by atoms with Gasteiger partial charge in [0.2, 0.25) is 0 Å². The van der Waals surface area contributed by atoms with E-state index in [2.05, 4.69) is 19.7 Å². The summed E-state index contributed by atoms with van der Waals surface area (Å²) < 4.78 is 34.0. The van der Waals surface area contributed by atoms with Gasteiger partial charge in [-0.3, -0.25) is 9.69 Å². The second kappa shape index (κ2) is 11.0. The molecule has 2 atom stereocenters. The number of amides is 1. The molecule has 2 bridgehead atoms.